The van der Waals surface area contributed by atoms with Crippen molar-refractivity contribution in [3.63, 3.8) is 0 Å². The minimum absolute atomic E-state index is 0.0642. The molecule has 0 spiro atoms. The Balaban J connectivity index is 2.78. The Labute approximate surface area is 99.1 Å². The molecule has 1 rings (SSSR count). The Hall–Kier alpha value is -1.30. The molecule has 1 aromatic rings. The van der Waals surface area contributed by atoms with Crippen LogP contribution in [0.25, 0.3) is 0 Å². The molecule has 0 fully saturated rings. The largest absolute Gasteiger partial charge is 0.390 e. The van der Waals surface area contributed by atoms with E-state index in [-0.39, 0.29) is 11.1 Å². The number of carbonyl (C=O) groups excluding carboxylic acids is 1. The maximum absolute atomic E-state index is 13.3. The third-order valence-corrected chi connectivity index (χ3v) is 2.55. The molecule has 0 aliphatic rings. The van der Waals surface area contributed by atoms with Crippen LogP contribution in [0, 0.1) is 5.82 Å². The molecule has 2 atom stereocenters. The fraction of sp³-hybridized carbons (Fsp3) is 0.417. The molecule has 0 aromatic heterocycles. The molecular weight excluding hydrogens is 225 g/mol. The molecular formula is C12H16FNO3. The van der Waals surface area contributed by atoms with Crippen molar-refractivity contribution < 1.29 is 19.4 Å². The molecule has 0 saturated carbocycles. The van der Waals surface area contributed by atoms with Gasteiger partial charge < -0.3 is 15.5 Å². The molecule has 0 amide bonds. The standard InChI is InChI=1S/C12H16FNO3/c1-14-5-4-11(16)12(17)8-2-3-9(7-15)10(13)6-8/h2-3,6-7,11-12,14,16-17H,4-5H2,1H3. The van der Waals surface area contributed by atoms with Gasteiger partial charge in [-0.1, -0.05) is 6.07 Å². The smallest absolute Gasteiger partial charge is 0.152 e. The fourth-order valence-corrected chi connectivity index (χ4v) is 1.50. The number of hydrogen-bond donors (Lipinski definition) is 3. The number of nitrogens with one attached hydrogen (secondary N) is 1. The van der Waals surface area contributed by atoms with Crippen molar-refractivity contribution in [2.75, 3.05) is 13.6 Å². The number of hydrogen-bond acceptors (Lipinski definition) is 4. The molecule has 94 valence electrons. The summed E-state index contributed by atoms with van der Waals surface area (Å²) in [6.45, 7) is 0.549. The first-order valence-corrected chi connectivity index (χ1v) is 5.35. The lowest BCUT2D eigenvalue weighted by Crippen LogP contribution is -2.23. The van der Waals surface area contributed by atoms with E-state index in [2.05, 4.69) is 5.32 Å². The Kier molecular flexibility index (Phi) is 5.21. The second-order valence-corrected chi connectivity index (χ2v) is 3.80. The van der Waals surface area contributed by atoms with E-state index in [1.165, 1.54) is 12.1 Å². The number of benzene rings is 1. The zero-order valence-electron chi connectivity index (χ0n) is 9.56. The minimum Gasteiger partial charge on any atom is -0.390 e. The third kappa shape index (κ3) is 3.59. The summed E-state index contributed by atoms with van der Waals surface area (Å²) in [5.74, 6) is -0.697. The van der Waals surface area contributed by atoms with Crippen LogP contribution in [0.1, 0.15) is 28.4 Å². The van der Waals surface area contributed by atoms with Crippen LogP contribution in [0.3, 0.4) is 0 Å². The maximum Gasteiger partial charge on any atom is 0.152 e. The van der Waals surface area contributed by atoms with Crippen molar-refractivity contribution in [2.45, 2.75) is 18.6 Å². The van der Waals surface area contributed by atoms with Gasteiger partial charge in [0, 0.05) is 0 Å². The zero-order chi connectivity index (χ0) is 12.8. The molecule has 0 bridgehead atoms. The molecule has 0 heterocycles. The SMILES string of the molecule is CNCCC(O)C(O)c1ccc(C=O)c(F)c1. The molecule has 3 N–H and O–H groups in total. The van der Waals surface area contributed by atoms with Crippen LogP contribution in [0.2, 0.25) is 0 Å². The van der Waals surface area contributed by atoms with Gasteiger partial charge >= 0.3 is 0 Å². The number of rotatable bonds is 6. The quantitative estimate of drug-likeness (QED) is 0.639. The second-order valence-electron chi connectivity index (χ2n) is 3.80. The predicted octanol–water partition coefficient (Wildman–Crippen LogP) is 0.642. The maximum atomic E-state index is 13.3. The topological polar surface area (TPSA) is 69.6 Å². The number of halogens is 1. The van der Waals surface area contributed by atoms with Crippen molar-refractivity contribution in [1.82, 2.24) is 5.32 Å². The molecule has 17 heavy (non-hydrogen) atoms. The van der Waals surface area contributed by atoms with Gasteiger partial charge in [0.15, 0.2) is 6.29 Å². The van der Waals surface area contributed by atoms with Gasteiger partial charge in [0.1, 0.15) is 11.9 Å². The van der Waals surface area contributed by atoms with E-state index in [0.29, 0.717) is 19.3 Å². The first kappa shape index (κ1) is 13.8. The average Bonchev–Trinajstić information content (AvgIpc) is 2.34. The van der Waals surface area contributed by atoms with E-state index < -0.39 is 18.0 Å². The van der Waals surface area contributed by atoms with Crippen LogP contribution in [-0.2, 0) is 0 Å². The summed E-state index contributed by atoms with van der Waals surface area (Å²) in [5.41, 5.74) is 0.197. The lowest BCUT2D eigenvalue weighted by molar-refractivity contribution is 0.0139. The molecule has 0 aliphatic carbocycles. The highest BCUT2D eigenvalue weighted by Gasteiger charge is 2.18. The molecule has 5 heteroatoms. The second kappa shape index (κ2) is 6.44. The fourth-order valence-electron chi connectivity index (χ4n) is 1.50. The molecule has 0 radical (unpaired) electrons. The summed E-state index contributed by atoms with van der Waals surface area (Å²) in [6.07, 6.45) is -1.36. The van der Waals surface area contributed by atoms with Gasteiger partial charge in [-0.2, -0.15) is 0 Å². The lowest BCUT2D eigenvalue weighted by atomic mass is 10.0. The van der Waals surface area contributed by atoms with Crippen LogP contribution in [0.15, 0.2) is 18.2 Å². The monoisotopic (exact) mass is 241 g/mol. The first-order valence-electron chi connectivity index (χ1n) is 5.35. The highest BCUT2D eigenvalue weighted by atomic mass is 19.1. The number of carbonyl (C=O) groups is 1. The molecule has 0 aliphatic heterocycles. The lowest BCUT2D eigenvalue weighted by Gasteiger charge is -2.18. The van der Waals surface area contributed by atoms with Crippen LogP contribution in [0.4, 0.5) is 4.39 Å². The van der Waals surface area contributed by atoms with Gasteiger partial charge in [-0.05, 0) is 37.7 Å². The van der Waals surface area contributed by atoms with Crippen molar-refractivity contribution in [3.05, 3.63) is 35.1 Å². The number of aliphatic hydroxyl groups is 2. The van der Waals surface area contributed by atoms with E-state index in [1.807, 2.05) is 0 Å². The number of aldehydes is 1. The Morgan fingerprint density at radius 2 is 2.18 bits per heavy atom. The summed E-state index contributed by atoms with van der Waals surface area (Å²) in [6, 6.07) is 3.78. The molecule has 2 unspecified atom stereocenters. The summed E-state index contributed by atoms with van der Waals surface area (Å²) < 4.78 is 13.3. The van der Waals surface area contributed by atoms with Crippen molar-refractivity contribution in [1.29, 1.82) is 0 Å². The van der Waals surface area contributed by atoms with Gasteiger partial charge in [0.25, 0.3) is 0 Å². The van der Waals surface area contributed by atoms with Crippen LogP contribution in [-0.4, -0.2) is 36.2 Å². The van der Waals surface area contributed by atoms with E-state index in [9.17, 15) is 19.4 Å². The van der Waals surface area contributed by atoms with Gasteiger partial charge in [-0.3, -0.25) is 4.79 Å². The number of aliphatic hydroxyl groups excluding tert-OH is 2. The minimum atomic E-state index is -1.15. The molecule has 0 saturated heterocycles. The summed E-state index contributed by atoms with van der Waals surface area (Å²) in [7, 11) is 1.73. The Morgan fingerprint density at radius 3 is 2.71 bits per heavy atom. The van der Waals surface area contributed by atoms with E-state index in [1.54, 1.807) is 7.05 Å². The Morgan fingerprint density at radius 1 is 1.47 bits per heavy atom. The summed E-state index contributed by atoms with van der Waals surface area (Å²) in [4.78, 5) is 10.4. The van der Waals surface area contributed by atoms with E-state index >= 15 is 0 Å². The third-order valence-electron chi connectivity index (χ3n) is 2.55. The first-order chi connectivity index (χ1) is 8.10. The molecule has 4 nitrogen and oxygen atoms in total. The van der Waals surface area contributed by atoms with Crippen molar-refractivity contribution in [3.8, 4) is 0 Å². The predicted molar refractivity (Wildman–Crippen MR) is 61.3 cm³/mol. The highest BCUT2D eigenvalue weighted by Crippen LogP contribution is 2.20. The molecule has 1 aromatic carbocycles. The van der Waals surface area contributed by atoms with Gasteiger partial charge in [-0.25, -0.2) is 4.39 Å². The van der Waals surface area contributed by atoms with Gasteiger partial charge in [0.05, 0.1) is 11.7 Å². The average molecular weight is 241 g/mol. The highest BCUT2D eigenvalue weighted by molar-refractivity contribution is 5.75. The van der Waals surface area contributed by atoms with Crippen molar-refractivity contribution >= 4 is 6.29 Å². The van der Waals surface area contributed by atoms with Gasteiger partial charge in [-0.15, -0.1) is 0 Å². The van der Waals surface area contributed by atoms with Crippen LogP contribution >= 0.6 is 0 Å². The van der Waals surface area contributed by atoms with E-state index in [4.69, 9.17) is 0 Å². The normalized spacial score (nSPS) is 14.4. The van der Waals surface area contributed by atoms with Crippen LogP contribution < -0.4 is 5.32 Å². The summed E-state index contributed by atoms with van der Waals surface area (Å²) in [5, 5.41) is 22.3. The van der Waals surface area contributed by atoms with Crippen LogP contribution in [0.5, 0.6) is 0 Å². The van der Waals surface area contributed by atoms with Gasteiger partial charge in [0.2, 0.25) is 0 Å². The Bertz CT molecular complexity index is 384. The zero-order valence-corrected chi connectivity index (χ0v) is 9.56. The summed E-state index contributed by atoms with van der Waals surface area (Å²) >= 11 is 0. The van der Waals surface area contributed by atoms with E-state index in [0.717, 1.165) is 6.07 Å². The van der Waals surface area contributed by atoms with Crippen molar-refractivity contribution in [2.24, 2.45) is 0 Å².